The molecule has 0 aliphatic heterocycles. The molecule has 0 spiro atoms. The van der Waals surface area contributed by atoms with Crippen molar-refractivity contribution in [2.75, 3.05) is 5.84 Å². The molecule has 0 radical (unpaired) electrons. The van der Waals surface area contributed by atoms with Crippen molar-refractivity contribution in [3.05, 3.63) is 72.8 Å². The van der Waals surface area contributed by atoms with Gasteiger partial charge >= 0.3 is 0 Å². The largest absolute Gasteiger partial charge is 0.339 e. The number of hydrogen-bond acceptors (Lipinski definition) is 1. The molecule has 2 N–H and O–H groups in total. The Hall–Kier alpha value is -3.26. The Morgan fingerprint density at radius 2 is 1.12 bits per heavy atom. The molecule has 6 rings (SSSR count). The number of nitrogen functional groups attached to an aromatic ring is 1. The van der Waals surface area contributed by atoms with Crippen molar-refractivity contribution in [2.45, 2.75) is 0 Å². The molecular weight excluding hydrogens is 292 g/mol. The molecule has 1 aliphatic carbocycles. The maximum Gasteiger partial charge on any atom is 0.0710 e. The van der Waals surface area contributed by atoms with E-state index in [4.69, 9.17) is 5.84 Å². The van der Waals surface area contributed by atoms with Crippen molar-refractivity contribution in [1.82, 2.24) is 4.68 Å². The van der Waals surface area contributed by atoms with Crippen molar-refractivity contribution in [1.29, 1.82) is 0 Å². The van der Waals surface area contributed by atoms with E-state index in [1.54, 1.807) is 0 Å². The van der Waals surface area contributed by atoms with E-state index in [-0.39, 0.29) is 0 Å². The predicted molar refractivity (Wildman–Crippen MR) is 102 cm³/mol. The van der Waals surface area contributed by atoms with Gasteiger partial charge in [-0.1, -0.05) is 60.7 Å². The summed E-state index contributed by atoms with van der Waals surface area (Å²) in [4.78, 5) is 0. The first-order chi connectivity index (χ1) is 11.8. The average molecular weight is 306 g/mol. The van der Waals surface area contributed by atoms with Crippen LogP contribution in [-0.2, 0) is 0 Å². The van der Waals surface area contributed by atoms with Crippen molar-refractivity contribution >= 4 is 32.6 Å². The van der Waals surface area contributed by atoms with Crippen molar-refractivity contribution in [3.63, 3.8) is 0 Å². The minimum Gasteiger partial charge on any atom is -0.339 e. The Morgan fingerprint density at radius 1 is 0.500 bits per heavy atom. The highest BCUT2D eigenvalue weighted by Gasteiger charge is 2.22. The molecule has 0 atom stereocenters. The van der Waals surface area contributed by atoms with Crippen LogP contribution in [0.1, 0.15) is 0 Å². The summed E-state index contributed by atoms with van der Waals surface area (Å²) in [5.41, 5.74) is 7.30. The molecule has 0 fully saturated rings. The van der Waals surface area contributed by atoms with Gasteiger partial charge in [0, 0.05) is 10.8 Å². The number of nitrogens with zero attached hydrogens (tertiary/aromatic N) is 1. The first-order valence-corrected chi connectivity index (χ1v) is 8.18. The summed E-state index contributed by atoms with van der Waals surface area (Å²) in [6.07, 6.45) is 0. The summed E-state index contributed by atoms with van der Waals surface area (Å²) in [5, 5.41) is 5.10. The Kier molecular flexibility index (Phi) is 2.02. The van der Waals surface area contributed by atoms with E-state index in [0.717, 1.165) is 11.0 Å². The van der Waals surface area contributed by atoms with Crippen molar-refractivity contribution in [2.24, 2.45) is 0 Å². The number of fused-ring (bicyclic) bond motifs is 3. The first-order valence-electron chi connectivity index (χ1n) is 8.18. The van der Waals surface area contributed by atoms with Crippen LogP contribution in [0.2, 0.25) is 0 Å². The third kappa shape index (κ3) is 1.25. The zero-order chi connectivity index (χ0) is 15.8. The fourth-order valence-electron chi connectivity index (χ4n) is 4.36. The van der Waals surface area contributed by atoms with Crippen LogP contribution in [0.3, 0.4) is 0 Å². The van der Waals surface area contributed by atoms with Crippen LogP contribution in [0.15, 0.2) is 72.8 Å². The lowest BCUT2D eigenvalue weighted by Gasteiger charge is -2.11. The summed E-state index contributed by atoms with van der Waals surface area (Å²) < 4.78 is 1.83. The van der Waals surface area contributed by atoms with Gasteiger partial charge in [0.2, 0.25) is 0 Å². The molecule has 5 aromatic rings. The molecule has 0 saturated carbocycles. The molecule has 112 valence electrons. The fourth-order valence-corrected chi connectivity index (χ4v) is 4.36. The molecular formula is C22H14N2. The lowest BCUT2D eigenvalue weighted by molar-refractivity contribution is 1.12. The molecule has 0 saturated heterocycles. The minimum atomic E-state index is 1.08. The average Bonchev–Trinajstić information content (AvgIpc) is 2.86. The van der Waals surface area contributed by atoms with E-state index in [0.29, 0.717) is 0 Å². The van der Waals surface area contributed by atoms with Crippen LogP contribution in [0.4, 0.5) is 0 Å². The Bertz CT molecular complexity index is 1310. The number of aromatic nitrogens is 1. The van der Waals surface area contributed by atoms with Crippen molar-refractivity contribution < 1.29 is 0 Å². The first kappa shape index (κ1) is 12.2. The van der Waals surface area contributed by atoms with E-state index in [1.807, 2.05) is 4.68 Å². The summed E-state index contributed by atoms with van der Waals surface area (Å²) in [6, 6.07) is 26.0. The van der Waals surface area contributed by atoms with E-state index < -0.39 is 0 Å². The van der Waals surface area contributed by atoms with Gasteiger partial charge in [-0.25, -0.2) is 0 Å². The summed E-state index contributed by atoms with van der Waals surface area (Å²) in [6.45, 7) is 0. The second kappa shape index (κ2) is 3.98. The molecule has 2 nitrogen and oxygen atoms in total. The third-order valence-corrected chi connectivity index (χ3v) is 5.34. The highest BCUT2D eigenvalue weighted by Crippen LogP contribution is 2.48. The van der Waals surface area contributed by atoms with E-state index >= 15 is 0 Å². The maximum atomic E-state index is 6.45. The van der Waals surface area contributed by atoms with Crippen LogP contribution in [0.5, 0.6) is 0 Å². The second-order valence-electron chi connectivity index (χ2n) is 6.48. The predicted octanol–water partition coefficient (Wildman–Crippen LogP) is 5.31. The van der Waals surface area contributed by atoms with Gasteiger partial charge in [0.25, 0.3) is 0 Å². The summed E-state index contributed by atoms with van der Waals surface area (Å²) >= 11 is 0. The zero-order valence-electron chi connectivity index (χ0n) is 13.0. The van der Waals surface area contributed by atoms with Gasteiger partial charge in [0.1, 0.15) is 0 Å². The standard InChI is InChI=1S/C22H14N2/c23-24-18-10-4-9-17-15-7-2-1-6-14(15)16-8-3-5-13-11-12-19(24)22(20(13)16)21(17)18/h1-12H,23H2. The zero-order valence-corrected chi connectivity index (χ0v) is 13.0. The maximum absolute atomic E-state index is 6.45. The molecule has 1 heterocycles. The molecule has 0 bridgehead atoms. The number of benzene rings is 4. The normalized spacial score (nSPS) is 12.3. The molecule has 1 aromatic heterocycles. The molecule has 0 amide bonds. The van der Waals surface area contributed by atoms with Crippen molar-refractivity contribution in [3.8, 4) is 22.3 Å². The lowest BCUT2D eigenvalue weighted by atomic mass is 9.93. The molecule has 24 heavy (non-hydrogen) atoms. The number of hydrogen-bond donors (Lipinski definition) is 1. The summed E-state index contributed by atoms with van der Waals surface area (Å²) in [5.74, 6) is 6.45. The smallest absolute Gasteiger partial charge is 0.0710 e. The summed E-state index contributed by atoms with van der Waals surface area (Å²) in [7, 11) is 0. The van der Waals surface area contributed by atoms with Gasteiger partial charge in [-0.2, -0.15) is 0 Å². The fraction of sp³-hybridized carbons (Fsp3) is 0. The van der Waals surface area contributed by atoms with Gasteiger partial charge < -0.3 is 5.84 Å². The van der Waals surface area contributed by atoms with Gasteiger partial charge in [0.05, 0.1) is 11.0 Å². The Morgan fingerprint density at radius 3 is 1.92 bits per heavy atom. The highest BCUT2D eigenvalue weighted by atomic mass is 15.3. The highest BCUT2D eigenvalue weighted by molar-refractivity contribution is 6.29. The SMILES string of the molecule is Nn1c2cccc3c2c2c4c(cccc4ccc21)-c1ccccc1-3. The minimum absolute atomic E-state index is 1.08. The third-order valence-electron chi connectivity index (χ3n) is 5.34. The van der Waals surface area contributed by atoms with Gasteiger partial charge in [0.15, 0.2) is 0 Å². The topological polar surface area (TPSA) is 30.9 Å². The van der Waals surface area contributed by atoms with Crippen LogP contribution >= 0.6 is 0 Å². The van der Waals surface area contributed by atoms with E-state index in [9.17, 15) is 0 Å². The quantitative estimate of drug-likeness (QED) is 0.379. The molecule has 1 aliphatic rings. The second-order valence-corrected chi connectivity index (χ2v) is 6.48. The number of nitrogens with two attached hydrogens (primary N) is 1. The van der Waals surface area contributed by atoms with E-state index in [2.05, 4.69) is 72.8 Å². The monoisotopic (exact) mass is 306 g/mol. The van der Waals surface area contributed by atoms with Crippen LogP contribution in [-0.4, -0.2) is 4.68 Å². The van der Waals surface area contributed by atoms with Gasteiger partial charge in [-0.05, 0) is 45.2 Å². The molecule has 0 unspecified atom stereocenters. The Labute approximate surface area is 138 Å². The molecule has 2 heteroatoms. The van der Waals surface area contributed by atoms with E-state index in [1.165, 1.54) is 43.8 Å². The Balaban J connectivity index is 2.09. The lowest BCUT2D eigenvalue weighted by Crippen LogP contribution is -2.06. The van der Waals surface area contributed by atoms with Crippen LogP contribution in [0.25, 0.3) is 54.8 Å². The van der Waals surface area contributed by atoms with Crippen LogP contribution < -0.4 is 5.84 Å². The number of rotatable bonds is 0. The van der Waals surface area contributed by atoms with Gasteiger partial charge in [-0.15, -0.1) is 0 Å². The van der Waals surface area contributed by atoms with Crippen LogP contribution in [0, 0.1) is 0 Å². The van der Waals surface area contributed by atoms with Gasteiger partial charge in [-0.3, -0.25) is 4.68 Å². The molecule has 4 aromatic carbocycles.